The Morgan fingerprint density at radius 3 is 2.60 bits per heavy atom. The van der Waals surface area contributed by atoms with Crippen molar-refractivity contribution < 1.29 is 22.0 Å². The molecule has 2 aromatic carbocycles. The van der Waals surface area contributed by atoms with E-state index >= 15 is 0 Å². The first-order valence-corrected chi connectivity index (χ1v) is 14.7. The Kier molecular flexibility index (Phi) is 6.44. The number of nitrogens with zero attached hydrogens (tertiary/aromatic N) is 5. The summed E-state index contributed by atoms with van der Waals surface area (Å²) in [6.45, 7) is 0.909. The van der Waals surface area contributed by atoms with Crippen LogP contribution < -0.4 is 14.5 Å². The molecule has 1 fully saturated rings. The van der Waals surface area contributed by atoms with E-state index in [0.29, 0.717) is 65.0 Å². The van der Waals surface area contributed by atoms with E-state index in [-0.39, 0.29) is 17.0 Å². The maximum atomic E-state index is 14.4. The molecule has 0 atom stereocenters. The van der Waals surface area contributed by atoms with E-state index in [4.69, 9.17) is 0 Å². The first-order valence-electron chi connectivity index (χ1n) is 13.0. The molecule has 1 amide bonds. The van der Waals surface area contributed by atoms with Crippen molar-refractivity contribution in [2.75, 3.05) is 35.1 Å². The third-order valence-corrected chi connectivity index (χ3v) is 9.39. The lowest BCUT2D eigenvalue weighted by molar-refractivity contribution is 0.0958. The highest BCUT2D eigenvalue weighted by molar-refractivity contribution is 7.93. The molecule has 0 aliphatic carbocycles. The Morgan fingerprint density at radius 1 is 1.10 bits per heavy atom. The molecule has 0 radical (unpaired) electrons. The van der Waals surface area contributed by atoms with Crippen molar-refractivity contribution in [3.63, 3.8) is 0 Å². The maximum absolute atomic E-state index is 14.4. The molecule has 1 N–H and O–H groups in total. The van der Waals surface area contributed by atoms with Gasteiger partial charge >= 0.3 is 0 Å². The van der Waals surface area contributed by atoms with Crippen molar-refractivity contribution in [1.29, 1.82) is 0 Å². The van der Waals surface area contributed by atoms with Gasteiger partial charge < -0.3 is 10.2 Å². The minimum atomic E-state index is -3.40. The van der Waals surface area contributed by atoms with Gasteiger partial charge in [0, 0.05) is 55.6 Å². The van der Waals surface area contributed by atoms with Crippen LogP contribution in [0.4, 0.5) is 26.0 Å². The van der Waals surface area contributed by atoms with E-state index in [2.05, 4.69) is 15.4 Å². The lowest BCUT2D eigenvalue weighted by Crippen LogP contribution is -2.28. The number of fused-ring (bicyclic) bond motifs is 2. The van der Waals surface area contributed by atoms with Crippen LogP contribution in [0.1, 0.15) is 40.9 Å². The van der Waals surface area contributed by atoms with E-state index in [0.717, 1.165) is 12.0 Å². The summed E-state index contributed by atoms with van der Waals surface area (Å²) in [6.07, 6.45) is 2.58. The summed E-state index contributed by atoms with van der Waals surface area (Å²) in [5.74, 6) is 0.149. The van der Waals surface area contributed by atoms with Crippen LogP contribution >= 0.6 is 0 Å². The molecule has 0 spiro atoms. The number of rotatable bonds is 5. The molecular formula is C28H28F2N6O3S. The summed E-state index contributed by atoms with van der Waals surface area (Å²) < 4.78 is 56.8. The Bertz CT molecular complexity index is 1750. The van der Waals surface area contributed by atoms with Gasteiger partial charge in [0.25, 0.3) is 12.3 Å². The fourth-order valence-corrected chi connectivity index (χ4v) is 7.18. The molecule has 0 unspecified atom stereocenters. The van der Waals surface area contributed by atoms with Gasteiger partial charge in [-0.15, -0.1) is 0 Å². The monoisotopic (exact) mass is 566 g/mol. The Labute approximate surface area is 230 Å². The minimum Gasteiger partial charge on any atom is -0.354 e. The number of carbonyl (C=O) groups is 1. The predicted octanol–water partition coefficient (Wildman–Crippen LogP) is 4.56. The van der Waals surface area contributed by atoms with E-state index in [1.54, 1.807) is 54.5 Å². The zero-order chi connectivity index (χ0) is 28.2. The van der Waals surface area contributed by atoms with Gasteiger partial charge in [-0.25, -0.2) is 22.2 Å². The highest BCUT2D eigenvalue weighted by atomic mass is 32.2. The number of aromatic nitrogens is 3. The van der Waals surface area contributed by atoms with Crippen LogP contribution in [0.25, 0.3) is 21.9 Å². The van der Waals surface area contributed by atoms with Crippen molar-refractivity contribution in [2.24, 2.45) is 7.05 Å². The number of anilines is 3. The highest BCUT2D eigenvalue weighted by Crippen LogP contribution is 2.43. The summed E-state index contributed by atoms with van der Waals surface area (Å²) in [5, 5.41) is 8.08. The van der Waals surface area contributed by atoms with Gasteiger partial charge in [-0.2, -0.15) is 5.10 Å². The fraction of sp³-hybridized carbons (Fsp3) is 0.321. The molecule has 40 heavy (non-hydrogen) atoms. The van der Waals surface area contributed by atoms with Gasteiger partial charge in [-0.3, -0.25) is 13.8 Å². The molecule has 9 nitrogen and oxygen atoms in total. The van der Waals surface area contributed by atoms with Crippen LogP contribution in [0, 0.1) is 0 Å². The summed E-state index contributed by atoms with van der Waals surface area (Å²) >= 11 is 0. The number of amides is 1. The number of nitrogens with one attached hydrogen (secondary N) is 1. The number of aryl methyl sites for hydroxylation is 2. The molecule has 4 aromatic rings. The predicted molar refractivity (Wildman–Crippen MR) is 150 cm³/mol. The van der Waals surface area contributed by atoms with Gasteiger partial charge in [0.15, 0.2) is 0 Å². The summed E-state index contributed by atoms with van der Waals surface area (Å²) in [7, 11) is -0.149. The molecule has 6 rings (SSSR count). The third-order valence-electron chi connectivity index (χ3n) is 7.52. The smallest absolute Gasteiger partial charge is 0.269 e. The van der Waals surface area contributed by atoms with Crippen LogP contribution in [-0.4, -0.2) is 55.0 Å². The van der Waals surface area contributed by atoms with Crippen molar-refractivity contribution >= 4 is 43.9 Å². The van der Waals surface area contributed by atoms with E-state index < -0.39 is 22.4 Å². The molecule has 0 bridgehead atoms. The van der Waals surface area contributed by atoms with Gasteiger partial charge in [0.1, 0.15) is 11.5 Å². The first-order chi connectivity index (χ1) is 19.2. The van der Waals surface area contributed by atoms with E-state index in [1.807, 2.05) is 4.90 Å². The maximum Gasteiger partial charge on any atom is 0.269 e. The summed E-state index contributed by atoms with van der Waals surface area (Å²) in [5.41, 5.74) is 3.14. The van der Waals surface area contributed by atoms with Crippen molar-refractivity contribution in [2.45, 2.75) is 25.7 Å². The Morgan fingerprint density at radius 2 is 1.93 bits per heavy atom. The lowest BCUT2D eigenvalue weighted by Gasteiger charge is -2.33. The molecule has 1 saturated heterocycles. The Hall–Kier alpha value is -4.06. The normalized spacial score (nSPS) is 16.5. The number of alkyl halides is 2. The second-order valence-corrected chi connectivity index (χ2v) is 12.1. The van der Waals surface area contributed by atoms with E-state index in [9.17, 15) is 22.0 Å². The SMILES string of the molecule is CNC(=O)c1cc2cc(N3CCCS3(=O)=O)ccc2c(N2CCCc3cc(-c4cnn(C)c4)c(C(F)F)cc32)n1. The van der Waals surface area contributed by atoms with Gasteiger partial charge in [-0.05, 0) is 72.2 Å². The zero-order valence-electron chi connectivity index (χ0n) is 22.1. The topological polar surface area (TPSA) is 100 Å². The Balaban J connectivity index is 1.53. The molecule has 4 heterocycles. The molecule has 2 aliphatic rings. The summed E-state index contributed by atoms with van der Waals surface area (Å²) in [6, 6.07) is 10.2. The standard InChI is InChI=1S/C28H28F2N6O3S/c1-31-28(37)24-13-18-11-20(36-9-4-10-40(36,38)39)6-7-21(18)27(33-24)35-8-3-5-17-12-22(19-15-32-34(2)16-19)23(26(29)30)14-25(17)35/h6-7,11-16,26H,3-5,8-10H2,1-2H3,(H,31,37). The minimum absolute atomic E-state index is 0.0915. The van der Waals surface area contributed by atoms with Crippen molar-refractivity contribution in [3.05, 3.63) is 65.6 Å². The number of hydrogen-bond donors (Lipinski definition) is 1. The molecule has 12 heteroatoms. The molecule has 0 saturated carbocycles. The number of halogens is 2. The number of carbonyl (C=O) groups excluding carboxylic acids is 1. The first kappa shape index (κ1) is 26.2. The number of benzene rings is 2. The average molecular weight is 567 g/mol. The quantitative estimate of drug-likeness (QED) is 0.380. The van der Waals surface area contributed by atoms with Crippen LogP contribution in [0.3, 0.4) is 0 Å². The summed E-state index contributed by atoms with van der Waals surface area (Å²) in [4.78, 5) is 19.3. The largest absolute Gasteiger partial charge is 0.354 e. The third kappa shape index (κ3) is 4.45. The van der Waals surface area contributed by atoms with Gasteiger partial charge in [0.05, 0.1) is 17.6 Å². The second kappa shape index (κ2) is 9.84. The average Bonchev–Trinajstić information content (AvgIpc) is 3.54. The molecule has 2 aliphatic heterocycles. The van der Waals surface area contributed by atoms with Crippen molar-refractivity contribution in [3.8, 4) is 11.1 Å². The van der Waals surface area contributed by atoms with Gasteiger partial charge in [0.2, 0.25) is 10.0 Å². The zero-order valence-corrected chi connectivity index (χ0v) is 22.9. The molecular weight excluding hydrogens is 538 g/mol. The van der Waals surface area contributed by atoms with Crippen LogP contribution in [0.15, 0.2) is 48.8 Å². The highest BCUT2D eigenvalue weighted by Gasteiger charge is 2.30. The van der Waals surface area contributed by atoms with Crippen LogP contribution in [0.5, 0.6) is 0 Å². The number of hydrogen-bond acceptors (Lipinski definition) is 6. The van der Waals surface area contributed by atoms with Crippen molar-refractivity contribution in [1.82, 2.24) is 20.1 Å². The number of sulfonamides is 1. The second-order valence-electron chi connectivity index (χ2n) is 10.1. The van der Waals surface area contributed by atoms with E-state index in [1.165, 1.54) is 17.4 Å². The molecule has 2 aromatic heterocycles. The fourth-order valence-electron chi connectivity index (χ4n) is 5.62. The molecule has 208 valence electrons. The van der Waals surface area contributed by atoms with Crippen LogP contribution in [0.2, 0.25) is 0 Å². The number of pyridine rings is 1. The van der Waals surface area contributed by atoms with Gasteiger partial charge in [-0.1, -0.05) is 0 Å². The van der Waals surface area contributed by atoms with Crippen LogP contribution in [-0.2, 0) is 23.5 Å². The lowest BCUT2D eigenvalue weighted by atomic mass is 9.93.